The quantitative estimate of drug-likeness (QED) is 0.368. The first kappa shape index (κ1) is 20.2. The van der Waals surface area contributed by atoms with Crippen LogP contribution < -0.4 is 15.4 Å². The first-order chi connectivity index (χ1) is 13.6. The highest BCUT2D eigenvalue weighted by molar-refractivity contribution is 7.98. The van der Waals surface area contributed by atoms with Crippen LogP contribution in [0, 0.1) is 0 Å². The minimum Gasteiger partial charge on any atom is -0.497 e. The van der Waals surface area contributed by atoms with Gasteiger partial charge in [0.25, 0.3) is 0 Å². The summed E-state index contributed by atoms with van der Waals surface area (Å²) in [5, 5.41) is 7.18. The molecular weight excluding hydrogens is 384 g/mol. The van der Waals surface area contributed by atoms with Crippen molar-refractivity contribution >= 4 is 34.8 Å². The van der Waals surface area contributed by atoms with E-state index in [1.54, 1.807) is 7.11 Å². The summed E-state index contributed by atoms with van der Waals surface area (Å²) in [6.07, 6.45) is 0. The van der Waals surface area contributed by atoms with E-state index in [2.05, 4.69) is 66.1 Å². The summed E-state index contributed by atoms with van der Waals surface area (Å²) >= 11 is 7.29. The van der Waals surface area contributed by atoms with E-state index in [9.17, 15) is 0 Å². The van der Waals surface area contributed by atoms with Crippen molar-refractivity contribution in [3.05, 3.63) is 90.0 Å². The van der Waals surface area contributed by atoms with Gasteiger partial charge in [0.05, 0.1) is 13.2 Å². The third kappa shape index (κ3) is 6.01. The molecule has 2 N–H and O–H groups in total. The van der Waals surface area contributed by atoms with Crippen molar-refractivity contribution in [2.45, 2.75) is 23.6 Å². The van der Waals surface area contributed by atoms with Gasteiger partial charge in [-0.25, -0.2) is 0 Å². The van der Waals surface area contributed by atoms with E-state index in [0.29, 0.717) is 5.11 Å². The van der Waals surface area contributed by atoms with E-state index >= 15 is 0 Å². The second-order valence-electron chi connectivity index (χ2n) is 6.39. The molecule has 0 amide bonds. The van der Waals surface area contributed by atoms with Crippen molar-refractivity contribution in [1.82, 2.24) is 5.32 Å². The molecule has 28 heavy (non-hydrogen) atoms. The molecule has 0 aliphatic heterocycles. The molecule has 144 valence electrons. The molecule has 0 saturated heterocycles. The number of benzene rings is 3. The third-order valence-electron chi connectivity index (χ3n) is 4.32. The highest BCUT2D eigenvalue weighted by Crippen LogP contribution is 2.23. The lowest BCUT2D eigenvalue weighted by Crippen LogP contribution is -2.30. The zero-order valence-electron chi connectivity index (χ0n) is 16.0. The molecule has 3 rings (SSSR count). The predicted molar refractivity (Wildman–Crippen MR) is 123 cm³/mol. The lowest BCUT2D eigenvalue weighted by atomic mass is 10.1. The topological polar surface area (TPSA) is 33.3 Å². The maximum atomic E-state index is 5.46. The lowest BCUT2D eigenvalue weighted by Gasteiger charge is -2.18. The minimum absolute atomic E-state index is 0.104. The van der Waals surface area contributed by atoms with E-state index in [1.807, 2.05) is 42.1 Å². The van der Waals surface area contributed by atoms with Gasteiger partial charge in [-0.05, 0) is 66.7 Å². The largest absolute Gasteiger partial charge is 0.497 e. The Morgan fingerprint density at radius 1 is 0.964 bits per heavy atom. The maximum absolute atomic E-state index is 5.46. The monoisotopic (exact) mass is 408 g/mol. The molecule has 0 bridgehead atoms. The van der Waals surface area contributed by atoms with Gasteiger partial charge in [-0.1, -0.05) is 42.5 Å². The van der Waals surface area contributed by atoms with Crippen molar-refractivity contribution in [1.29, 1.82) is 0 Å². The molecule has 0 aliphatic carbocycles. The van der Waals surface area contributed by atoms with Gasteiger partial charge in [0.2, 0.25) is 0 Å². The number of hydrogen-bond acceptors (Lipinski definition) is 3. The second kappa shape index (κ2) is 10.2. The fourth-order valence-electron chi connectivity index (χ4n) is 2.71. The molecule has 3 aromatic carbocycles. The summed E-state index contributed by atoms with van der Waals surface area (Å²) in [5.41, 5.74) is 3.41. The summed E-state index contributed by atoms with van der Waals surface area (Å²) in [7, 11) is 1.67. The van der Waals surface area contributed by atoms with Crippen LogP contribution in [0.15, 0.2) is 83.8 Å². The highest BCUT2D eigenvalue weighted by atomic mass is 32.2. The Morgan fingerprint density at radius 3 is 2.29 bits per heavy atom. The molecule has 3 nitrogen and oxygen atoms in total. The van der Waals surface area contributed by atoms with Crippen LogP contribution in [0.4, 0.5) is 5.69 Å². The number of thioether (sulfide) groups is 1. The van der Waals surface area contributed by atoms with E-state index in [4.69, 9.17) is 17.0 Å². The lowest BCUT2D eigenvalue weighted by molar-refractivity contribution is 0.414. The molecule has 3 aromatic rings. The van der Waals surface area contributed by atoms with Gasteiger partial charge in [0.15, 0.2) is 5.11 Å². The van der Waals surface area contributed by atoms with Gasteiger partial charge in [0.1, 0.15) is 5.75 Å². The van der Waals surface area contributed by atoms with Gasteiger partial charge >= 0.3 is 0 Å². The predicted octanol–water partition coefficient (Wildman–Crippen LogP) is 6.04. The number of rotatable bonds is 7. The Morgan fingerprint density at radius 2 is 1.64 bits per heavy atom. The summed E-state index contributed by atoms with van der Waals surface area (Å²) in [6, 6.07) is 26.9. The zero-order valence-corrected chi connectivity index (χ0v) is 17.6. The summed E-state index contributed by atoms with van der Waals surface area (Å²) in [4.78, 5) is 1.28. The Balaban J connectivity index is 1.49. The first-order valence-electron chi connectivity index (χ1n) is 9.12. The third-order valence-corrected chi connectivity index (χ3v) is 5.63. The first-order valence-corrected chi connectivity index (χ1v) is 10.5. The molecule has 1 atom stereocenters. The van der Waals surface area contributed by atoms with Crippen molar-refractivity contribution in [2.75, 3.05) is 12.4 Å². The van der Waals surface area contributed by atoms with Crippen LogP contribution in [-0.4, -0.2) is 12.2 Å². The van der Waals surface area contributed by atoms with Crippen LogP contribution in [0.2, 0.25) is 0 Å². The standard InChI is InChI=1S/C23H24N2OS2/c1-17(19-10-14-21(26-2)15-11-19)24-23(27)25-20-12-8-18(9-13-20)16-28-22-6-4-3-5-7-22/h3-15,17H,16H2,1-2H3,(H2,24,25,27)/t17-/m0/s1. The summed E-state index contributed by atoms with van der Waals surface area (Å²) in [5.74, 6) is 1.80. The average Bonchev–Trinajstić information content (AvgIpc) is 2.74. The summed E-state index contributed by atoms with van der Waals surface area (Å²) < 4.78 is 5.20. The zero-order chi connectivity index (χ0) is 19.8. The van der Waals surface area contributed by atoms with Gasteiger partial charge in [-0.15, -0.1) is 11.8 Å². The average molecular weight is 409 g/mol. The molecule has 0 saturated carbocycles. The van der Waals surface area contributed by atoms with Crippen molar-refractivity contribution in [2.24, 2.45) is 0 Å². The molecule has 0 radical (unpaired) electrons. The second-order valence-corrected chi connectivity index (χ2v) is 7.85. The van der Waals surface area contributed by atoms with Crippen LogP contribution in [0.3, 0.4) is 0 Å². The number of nitrogens with one attached hydrogen (secondary N) is 2. The summed E-state index contributed by atoms with van der Waals surface area (Å²) in [6.45, 7) is 2.08. The molecule has 0 aromatic heterocycles. The highest BCUT2D eigenvalue weighted by Gasteiger charge is 2.07. The van der Waals surface area contributed by atoms with E-state index in [-0.39, 0.29) is 6.04 Å². The van der Waals surface area contributed by atoms with E-state index in [0.717, 1.165) is 22.8 Å². The van der Waals surface area contributed by atoms with Gasteiger partial charge < -0.3 is 15.4 Å². The fourth-order valence-corrected chi connectivity index (χ4v) is 3.88. The minimum atomic E-state index is 0.104. The number of anilines is 1. The Bertz CT molecular complexity index is 881. The van der Waals surface area contributed by atoms with Crippen LogP contribution in [-0.2, 0) is 5.75 Å². The van der Waals surface area contributed by atoms with Crippen LogP contribution in [0.25, 0.3) is 0 Å². The SMILES string of the molecule is COc1ccc([C@H](C)NC(=S)Nc2ccc(CSc3ccccc3)cc2)cc1. The molecule has 0 aliphatic rings. The van der Waals surface area contributed by atoms with Gasteiger partial charge in [0, 0.05) is 16.3 Å². The van der Waals surface area contributed by atoms with Crippen molar-refractivity contribution in [3.63, 3.8) is 0 Å². The van der Waals surface area contributed by atoms with Gasteiger partial charge in [-0.3, -0.25) is 0 Å². The normalized spacial score (nSPS) is 11.5. The number of ether oxygens (including phenoxy) is 1. The van der Waals surface area contributed by atoms with Crippen LogP contribution in [0.5, 0.6) is 5.75 Å². The van der Waals surface area contributed by atoms with Crippen molar-refractivity contribution < 1.29 is 4.74 Å². The maximum Gasteiger partial charge on any atom is 0.171 e. The fraction of sp³-hybridized carbons (Fsp3) is 0.174. The molecule has 0 heterocycles. The van der Waals surface area contributed by atoms with Gasteiger partial charge in [-0.2, -0.15) is 0 Å². The van der Waals surface area contributed by atoms with Crippen molar-refractivity contribution in [3.8, 4) is 5.75 Å². The molecule has 0 spiro atoms. The molecule has 5 heteroatoms. The molecule has 0 unspecified atom stereocenters. The number of thiocarbonyl (C=S) groups is 1. The molecule has 0 fully saturated rings. The smallest absolute Gasteiger partial charge is 0.171 e. The number of methoxy groups -OCH3 is 1. The Hall–Kier alpha value is -2.50. The Kier molecular flexibility index (Phi) is 7.34. The van der Waals surface area contributed by atoms with E-state index < -0.39 is 0 Å². The van der Waals surface area contributed by atoms with Crippen LogP contribution >= 0.6 is 24.0 Å². The van der Waals surface area contributed by atoms with E-state index in [1.165, 1.54) is 10.5 Å². The Labute approximate surface area is 176 Å². The number of hydrogen-bond donors (Lipinski definition) is 2. The van der Waals surface area contributed by atoms with Crippen LogP contribution in [0.1, 0.15) is 24.1 Å². The molecular formula is C23H24N2OS2.